The number of hydrogen-bond donors (Lipinski definition) is 1. The molecule has 0 spiro atoms. The molecule has 1 aromatic heterocycles. The summed E-state index contributed by atoms with van der Waals surface area (Å²) in [5.41, 5.74) is 1.03. The van der Waals surface area contributed by atoms with Crippen LogP contribution in [0, 0.1) is 5.92 Å². The molecule has 1 aromatic carbocycles. The predicted molar refractivity (Wildman–Crippen MR) is 65.6 cm³/mol. The van der Waals surface area contributed by atoms with Gasteiger partial charge in [0, 0.05) is 12.0 Å². The van der Waals surface area contributed by atoms with Gasteiger partial charge >= 0.3 is 5.97 Å². The number of benzene rings is 1. The lowest BCUT2D eigenvalue weighted by Gasteiger charge is -2.20. The van der Waals surface area contributed by atoms with Crippen LogP contribution < -0.4 is 5.43 Å². The molecule has 1 N–H and O–H groups in total. The number of fused-ring (bicyclic) bond motifs is 2. The lowest BCUT2D eigenvalue weighted by atomic mass is 9.86. The number of para-hydroxylation sites is 1. The molecule has 0 bridgehead atoms. The molecule has 0 radical (unpaired) electrons. The largest absolute Gasteiger partial charge is 0.481 e. The van der Waals surface area contributed by atoms with Gasteiger partial charge in [-0.3, -0.25) is 9.59 Å². The summed E-state index contributed by atoms with van der Waals surface area (Å²) in [6, 6.07) is 7.08. The molecule has 18 heavy (non-hydrogen) atoms. The molecule has 1 aliphatic rings. The molecular formula is C14H12O4. The standard InChI is InChI=1S/C14H12O4/c15-13-9-3-1-2-4-11(9)18-12-6-5-8(14(16)17)7-10(12)13/h1-4,8H,5-7H2,(H,16,17). The minimum absolute atomic E-state index is 0.0854. The molecule has 92 valence electrons. The molecule has 1 heterocycles. The predicted octanol–water partition coefficient (Wildman–Crippen LogP) is 1.98. The van der Waals surface area contributed by atoms with Gasteiger partial charge in [0.1, 0.15) is 11.3 Å². The van der Waals surface area contributed by atoms with Crippen molar-refractivity contribution in [3.05, 3.63) is 45.8 Å². The maximum absolute atomic E-state index is 12.3. The molecule has 4 nitrogen and oxygen atoms in total. The van der Waals surface area contributed by atoms with Crippen LogP contribution in [0.5, 0.6) is 0 Å². The second-order valence-electron chi connectivity index (χ2n) is 4.61. The van der Waals surface area contributed by atoms with Gasteiger partial charge in [-0.2, -0.15) is 0 Å². The van der Waals surface area contributed by atoms with Gasteiger partial charge in [0.2, 0.25) is 0 Å². The number of aliphatic carboxylic acids is 1. The van der Waals surface area contributed by atoms with Gasteiger partial charge in [0.15, 0.2) is 5.43 Å². The highest BCUT2D eigenvalue weighted by Crippen LogP contribution is 2.26. The highest BCUT2D eigenvalue weighted by atomic mass is 16.4. The number of carbonyl (C=O) groups is 1. The Hall–Kier alpha value is -2.10. The molecule has 1 unspecified atom stereocenters. The molecule has 4 heteroatoms. The van der Waals surface area contributed by atoms with Gasteiger partial charge in [-0.15, -0.1) is 0 Å². The molecule has 1 atom stereocenters. The zero-order valence-corrected chi connectivity index (χ0v) is 9.68. The van der Waals surface area contributed by atoms with Crippen molar-refractivity contribution in [1.82, 2.24) is 0 Å². The first-order chi connectivity index (χ1) is 8.66. The minimum Gasteiger partial charge on any atom is -0.481 e. The summed E-state index contributed by atoms with van der Waals surface area (Å²) >= 11 is 0. The Morgan fingerprint density at radius 2 is 2.11 bits per heavy atom. The molecule has 0 amide bonds. The normalized spacial score (nSPS) is 18.6. The van der Waals surface area contributed by atoms with E-state index < -0.39 is 11.9 Å². The van der Waals surface area contributed by atoms with Crippen molar-refractivity contribution in [2.75, 3.05) is 0 Å². The van der Waals surface area contributed by atoms with Gasteiger partial charge in [-0.05, 0) is 25.0 Å². The quantitative estimate of drug-likeness (QED) is 0.832. The van der Waals surface area contributed by atoms with Gasteiger partial charge in [0.05, 0.1) is 11.3 Å². The Balaban J connectivity index is 2.20. The van der Waals surface area contributed by atoms with Gasteiger partial charge in [-0.1, -0.05) is 12.1 Å². The third kappa shape index (κ3) is 1.61. The van der Waals surface area contributed by atoms with Crippen molar-refractivity contribution in [2.24, 2.45) is 5.92 Å². The van der Waals surface area contributed by atoms with Crippen LogP contribution in [-0.2, 0) is 17.6 Å². The Morgan fingerprint density at radius 1 is 1.33 bits per heavy atom. The molecule has 0 saturated carbocycles. The molecule has 0 fully saturated rings. The Morgan fingerprint density at radius 3 is 2.89 bits per heavy atom. The van der Waals surface area contributed by atoms with E-state index in [1.807, 2.05) is 6.07 Å². The fourth-order valence-corrected chi connectivity index (χ4v) is 2.50. The lowest BCUT2D eigenvalue weighted by molar-refractivity contribution is -0.142. The van der Waals surface area contributed by atoms with Crippen LogP contribution >= 0.6 is 0 Å². The fourth-order valence-electron chi connectivity index (χ4n) is 2.50. The SMILES string of the molecule is O=C(O)C1CCc2oc3ccccc3c(=O)c2C1. The van der Waals surface area contributed by atoms with Crippen LogP contribution in [0.3, 0.4) is 0 Å². The topological polar surface area (TPSA) is 67.5 Å². The second kappa shape index (κ2) is 3.98. The van der Waals surface area contributed by atoms with E-state index >= 15 is 0 Å². The van der Waals surface area contributed by atoms with Gasteiger partial charge in [0.25, 0.3) is 0 Å². The Kier molecular flexibility index (Phi) is 2.44. The van der Waals surface area contributed by atoms with Crippen molar-refractivity contribution in [3.63, 3.8) is 0 Å². The Labute approximate surface area is 103 Å². The lowest BCUT2D eigenvalue weighted by Crippen LogP contribution is -2.27. The van der Waals surface area contributed by atoms with Crippen LogP contribution in [0.4, 0.5) is 0 Å². The third-order valence-corrected chi connectivity index (χ3v) is 3.50. The van der Waals surface area contributed by atoms with E-state index in [9.17, 15) is 9.59 Å². The van der Waals surface area contributed by atoms with E-state index in [1.54, 1.807) is 18.2 Å². The zero-order valence-electron chi connectivity index (χ0n) is 9.68. The van der Waals surface area contributed by atoms with Crippen molar-refractivity contribution in [1.29, 1.82) is 0 Å². The van der Waals surface area contributed by atoms with Crippen molar-refractivity contribution in [3.8, 4) is 0 Å². The van der Waals surface area contributed by atoms with Crippen LogP contribution in [-0.4, -0.2) is 11.1 Å². The molecule has 0 saturated heterocycles. The van der Waals surface area contributed by atoms with E-state index in [1.165, 1.54) is 0 Å². The van der Waals surface area contributed by atoms with Gasteiger partial charge in [-0.25, -0.2) is 0 Å². The summed E-state index contributed by atoms with van der Waals surface area (Å²) in [6.45, 7) is 0. The molecule has 3 rings (SSSR count). The first-order valence-corrected chi connectivity index (χ1v) is 5.93. The summed E-state index contributed by atoms with van der Waals surface area (Å²) in [6.07, 6.45) is 1.33. The Bertz CT molecular complexity index is 684. The van der Waals surface area contributed by atoms with Gasteiger partial charge < -0.3 is 9.52 Å². The van der Waals surface area contributed by atoms with Crippen LogP contribution in [0.25, 0.3) is 11.0 Å². The number of aryl methyl sites for hydroxylation is 1. The van der Waals surface area contributed by atoms with Crippen LogP contribution in [0.1, 0.15) is 17.7 Å². The minimum atomic E-state index is -0.840. The van der Waals surface area contributed by atoms with Crippen molar-refractivity contribution in [2.45, 2.75) is 19.3 Å². The van der Waals surface area contributed by atoms with Crippen molar-refractivity contribution >= 4 is 16.9 Å². The first-order valence-electron chi connectivity index (χ1n) is 5.93. The van der Waals surface area contributed by atoms with E-state index in [0.717, 1.165) is 0 Å². The number of rotatable bonds is 1. The van der Waals surface area contributed by atoms with Crippen LogP contribution in [0.15, 0.2) is 33.5 Å². The number of carboxylic acid groups (broad SMARTS) is 1. The number of carboxylic acids is 1. The molecule has 2 aromatic rings. The van der Waals surface area contributed by atoms with Crippen molar-refractivity contribution < 1.29 is 14.3 Å². The summed E-state index contributed by atoms with van der Waals surface area (Å²) in [4.78, 5) is 23.3. The van der Waals surface area contributed by atoms with E-state index in [-0.39, 0.29) is 11.8 Å². The van der Waals surface area contributed by atoms with E-state index in [0.29, 0.717) is 35.1 Å². The molecule has 1 aliphatic carbocycles. The monoisotopic (exact) mass is 244 g/mol. The third-order valence-electron chi connectivity index (χ3n) is 3.50. The van der Waals surface area contributed by atoms with Crippen LogP contribution in [0.2, 0.25) is 0 Å². The smallest absolute Gasteiger partial charge is 0.306 e. The number of hydrogen-bond acceptors (Lipinski definition) is 3. The van der Waals surface area contributed by atoms with E-state index in [2.05, 4.69) is 0 Å². The second-order valence-corrected chi connectivity index (χ2v) is 4.61. The highest BCUT2D eigenvalue weighted by molar-refractivity contribution is 5.78. The highest BCUT2D eigenvalue weighted by Gasteiger charge is 2.28. The maximum Gasteiger partial charge on any atom is 0.306 e. The average Bonchev–Trinajstić information content (AvgIpc) is 2.38. The maximum atomic E-state index is 12.3. The fraction of sp³-hybridized carbons (Fsp3) is 0.286. The summed E-state index contributed by atoms with van der Waals surface area (Å²) in [7, 11) is 0. The first kappa shape index (κ1) is 11.0. The zero-order chi connectivity index (χ0) is 12.7. The average molecular weight is 244 g/mol. The summed E-state index contributed by atoms with van der Waals surface area (Å²) in [5.74, 6) is -0.661. The van der Waals surface area contributed by atoms with E-state index in [4.69, 9.17) is 9.52 Å². The molecular weight excluding hydrogens is 232 g/mol. The summed E-state index contributed by atoms with van der Waals surface area (Å²) < 4.78 is 5.70. The molecule has 0 aliphatic heterocycles. The summed E-state index contributed by atoms with van der Waals surface area (Å²) in [5, 5.41) is 9.57.